The van der Waals surface area contributed by atoms with Gasteiger partial charge >= 0.3 is 0 Å². The van der Waals surface area contributed by atoms with Crippen molar-refractivity contribution < 1.29 is 0 Å². The van der Waals surface area contributed by atoms with E-state index in [0.29, 0.717) is 0 Å². The smallest absolute Gasteiger partial charge is 0.171 e. The van der Waals surface area contributed by atoms with Crippen LogP contribution in [-0.2, 0) is 18.3 Å². The number of aromatic nitrogens is 2. The largest absolute Gasteiger partial charge is 0.370 e. The van der Waals surface area contributed by atoms with Crippen LogP contribution in [0.2, 0.25) is 0 Å². The van der Waals surface area contributed by atoms with Crippen molar-refractivity contribution in [3.05, 3.63) is 28.3 Å². The zero-order valence-electron chi connectivity index (χ0n) is 13.3. The SMILES string of the molecule is CCNc1nc(-c2ccc(C(C)(C)C)s2)nc2c1CCC2. The molecule has 0 spiro atoms. The van der Waals surface area contributed by atoms with Gasteiger partial charge in [-0.1, -0.05) is 20.8 Å². The number of thiophene rings is 1. The van der Waals surface area contributed by atoms with E-state index in [-0.39, 0.29) is 5.41 Å². The molecule has 0 fully saturated rings. The molecule has 1 aliphatic carbocycles. The van der Waals surface area contributed by atoms with Crippen LogP contribution in [0.15, 0.2) is 12.1 Å². The van der Waals surface area contributed by atoms with E-state index in [1.54, 1.807) is 0 Å². The standard InChI is InChI=1S/C17H23N3S/c1-5-18-15-11-7-6-8-12(11)19-16(20-15)13-9-10-14(21-13)17(2,3)4/h9-10H,5-8H2,1-4H3,(H,18,19,20). The first-order valence-electron chi connectivity index (χ1n) is 7.73. The van der Waals surface area contributed by atoms with Crippen molar-refractivity contribution in [3.8, 4) is 10.7 Å². The summed E-state index contributed by atoms with van der Waals surface area (Å²) in [5.41, 5.74) is 2.75. The van der Waals surface area contributed by atoms with Gasteiger partial charge in [0.2, 0.25) is 0 Å². The second-order valence-electron chi connectivity index (χ2n) is 6.62. The summed E-state index contributed by atoms with van der Waals surface area (Å²) >= 11 is 1.81. The molecule has 0 unspecified atom stereocenters. The fourth-order valence-corrected chi connectivity index (χ4v) is 3.72. The Labute approximate surface area is 130 Å². The van der Waals surface area contributed by atoms with Crippen molar-refractivity contribution in [2.24, 2.45) is 0 Å². The molecule has 0 radical (unpaired) electrons. The summed E-state index contributed by atoms with van der Waals surface area (Å²) in [6.07, 6.45) is 3.39. The van der Waals surface area contributed by atoms with Crippen LogP contribution in [0.3, 0.4) is 0 Å². The van der Waals surface area contributed by atoms with Crippen molar-refractivity contribution in [1.82, 2.24) is 9.97 Å². The van der Waals surface area contributed by atoms with E-state index < -0.39 is 0 Å². The summed E-state index contributed by atoms with van der Waals surface area (Å²) in [5.74, 6) is 1.92. The highest BCUT2D eigenvalue weighted by Gasteiger charge is 2.22. The van der Waals surface area contributed by atoms with Gasteiger partial charge in [0.1, 0.15) is 5.82 Å². The van der Waals surface area contributed by atoms with Crippen molar-refractivity contribution >= 4 is 17.2 Å². The zero-order valence-corrected chi connectivity index (χ0v) is 14.1. The number of nitrogens with one attached hydrogen (secondary N) is 1. The minimum Gasteiger partial charge on any atom is -0.370 e. The molecule has 0 aliphatic heterocycles. The van der Waals surface area contributed by atoms with E-state index in [1.807, 2.05) is 11.3 Å². The lowest BCUT2D eigenvalue weighted by Gasteiger charge is -2.15. The molecule has 0 saturated heterocycles. The van der Waals surface area contributed by atoms with Crippen LogP contribution >= 0.6 is 11.3 Å². The number of hydrogen-bond donors (Lipinski definition) is 1. The zero-order chi connectivity index (χ0) is 15.0. The van der Waals surface area contributed by atoms with Gasteiger partial charge in [0.15, 0.2) is 5.82 Å². The molecule has 112 valence electrons. The van der Waals surface area contributed by atoms with Gasteiger partial charge in [-0.25, -0.2) is 9.97 Å². The topological polar surface area (TPSA) is 37.8 Å². The minimum absolute atomic E-state index is 0.185. The Morgan fingerprint density at radius 1 is 1.19 bits per heavy atom. The quantitative estimate of drug-likeness (QED) is 0.911. The van der Waals surface area contributed by atoms with Gasteiger partial charge in [-0.15, -0.1) is 11.3 Å². The predicted octanol–water partition coefficient (Wildman–Crippen LogP) is 4.42. The van der Waals surface area contributed by atoms with Crippen LogP contribution < -0.4 is 5.32 Å². The van der Waals surface area contributed by atoms with Crippen molar-refractivity contribution in [2.75, 3.05) is 11.9 Å². The Kier molecular flexibility index (Phi) is 3.74. The number of fused-ring (bicyclic) bond motifs is 1. The fourth-order valence-electron chi connectivity index (χ4n) is 2.72. The van der Waals surface area contributed by atoms with Crippen LogP contribution in [0.4, 0.5) is 5.82 Å². The molecule has 0 aromatic carbocycles. The molecule has 1 aliphatic rings. The Balaban J connectivity index is 2.03. The van der Waals surface area contributed by atoms with Crippen molar-refractivity contribution in [1.29, 1.82) is 0 Å². The summed E-state index contributed by atoms with van der Waals surface area (Å²) in [7, 11) is 0. The van der Waals surface area contributed by atoms with Crippen LogP contribution in [0.1, 0.15) is 50.3 Å². The van der Waals surface area contributed by atoms with E-state index in [4.69, 9.17) is 9.97 Å². The van der Waals surface area contributed by atoms with Gasteiger partial charge < -0.3 is 5.32 Å². The van der Waals surface area contributed by atoms with Gasteiger partial charge in [-0.05, 0) is 43.7 Å². The molecule has 2 aromatic heterocycles. The van der Waals surface area contributed by atoms with Crippen molar-refractivity contribution in [2.45, 2.75) is 52.4 Å². The summed E-state index contributed by atoms with van der Waals surface area (Å²) in [4.78, 5) is 12.2. The van der Waals surface area contributed by atoms with E-state index in [0.717, 1.165) is 31.0 Å². The maximum absolute atomic E-state index is 4.82. The highest BCUT2D eigenvalue weighted by Crippen LogP contribution is 2.35. The number of anilines is 1. The molecule has 3 rings (SSSR count). The number of rotatable bonds is 3. The van der Waals surface area contributed by atoms with Crippen LogP contribution in [-0.4, -0.2) is 16.5 Å². The lowest BCUT2D eigenvalue weighted by molar-refractivity contribution is 0.604. The molecule has 0 atom stereocenters. The molecule has 0 saturated carbocycles. The maximum Gasteiger partial charge on any atom is 0.171 e. The lowest BCUT2D eigenvalue weighted by atomic mass is 9.95. The van der Waals surface area contributed by atoms with E-state index >= 15 is 0 Å². The monoisotopic (exact) mass is 301 g/mol. The van der Waals surface area contributed by atoms with E-state index in [9.17, 15) is 0 Å². The molecule has 2 heterocycles. The number of aryl methyl sites for hydroxylation is 1. The average molecular weight is 301 g/mol. The van der Waals surface area contributed by atoms with Crippen LogP contribution in [0.25, 0.3) is 10.7 Å². The third-order valence-electron chi connectivity index (χ3n) is 3.84. The van der Waals surface area contributed by atoms with Crippen molar-refractivity contribution in [3.63, 3.8) is 0 Å². The second kappa shape index (κ2) is 5.41. The molecule has 3 nitrogen and oxygen atoms in total. The van der Waals surface area contributed by atoms with Gasteiger partial charge in [-0.3, -0.25) is 0 Å². The van der Waals surface area contributed by atoms with Gasteiger partial charge in [-0.2, -0.15) is 0 Å². The molecule has 0 bridgehead atoms. The molecule has 2 aromatic rings. The Bertz CT molecular complexity index is 653. The highest BCUT2D eigenvalue weighted by molar-refractivity contribution is 7.15. The molecular formula is C17H23N3S. The highest BCUT2D eigenvalue weighted by atomic mass is 32.1. The van der Waals surface area contributed by atoms with Crippen LogP contribution in [0.5, 0.6) is 0 Å². The molecular weight excluding hydrogens is 278 g/mol. The number of hydrogen-bond acceptors (Lipinski definition) is 4. The fraction of sp³-hybridized carbons (Fsp3) is 0.529. The van der Waals surface area contributed by atoms with Crippen LogP contribution in [0, 0.1) is 0 Å². The normalized spacial score (nSPS) is 14.3. The third-order valence-corrected chi connectivity index (χ3v) is 5.35. The molecule has 21 heavy (non-hydrogen) atoms. The Morgan fingerprint density at radius 2 is 2.00 bits per heavy atom. The molecule has 1 N–H and O–H groups in total. The van der Waals surface area contributed by atoms with E-state index in [1.165, 1.54) is 27.4 Å². The first-order chi connectivity index (χ1) is 9.99. The predicted molar refractivity (Wildman–Crippen MR) is 90.2 cm³/mol. The van der Waals surface area contributed by atoms with Gasteiger partial charge in [0.25, 0.3) is 0 Å². The lowest BCUT2D eigenvalue weighted by Crippen LogP contribution is -2.07. The van der Waals surface area contributed by atoms with Gasteiger partial charge in [0, 0.05) is 22.7 Å². The maximum atomic E-state index is 4.82. The first-order valence-corrected chi connectivity index (χ1v) is 8.55. The summed E-state index contributed by atoms with van der Waals surface area (Å²) in [6.45, 7) is 9.76. The summed E-state index contributed by atoms with van der Waals surface area (Å²) in [5, 5.41) is 3.41. The van der Waals surface area contributed by atoms with Gasteiger partial charge in [0.05, 0.1) is 4.88 Å². The summed E-state index contributed by atoms with van der Waals surface area (Å²) in [6, 6.07) is 4.38. The van der Waals surface area contributed by atoms with E-state index in [2.05, 4.69) is 45.1 Å². The average Bonchev–Trinajstić information content (AvgIpc) is 3.07. The molecule has 4 heteroatoms. The Hall–Kier alpha value is -1.42. The minimum atomic E-state index is 0.185. The Morgan fingerprint density at radius 3 is 2.67 bits per heavy atom. The third kappa shape index (κ3) is 2.82. The molecule has 0 amide bonds. The first kappa shape index (κ1) is 14.5. The second-order valence-corrected chi connectivity index (χ2v) is 7.70. The number of nitrogens with zero attached hydrogens (tertiary/aromatic N) is 2. The summed E-state index contributed by atoms with van der Waals surface area (Å²) < 4.78 is 0.